The second-order valence-electron chi connectivity index (χ2n) is 6.21. The van der Waals surface area contributed by atoms with Gasteiger partial charge in [0.25, 0.3) is 0 Å². The molecule has 2 rings (SSSR count). The van der Waals surface area contributed by atoms with Gasteiger partial charge in [-0.2, -0.15) is 0 Å². The Bertz CT molecular complexity index is 641. The molecule has 0 aromatic heterocycles. The Balaban J connectivity index is 2.40. The van der Waals surface area contributed by atoms with Crippen LogP contribution in [0.1, 0.15) is 34.1 Å². The molecule has 112 valence electrons. The van der Waals surface area contributed by atoms with Crippen LogP contribution in [-0.2, 0) is 4.79 Å². The number of carbonyl (C=O) groups excluding carboxylic acids is 1. The highest BCUT2D eigenvalue weighted by molar-refractivity contribution is 6.05. The van der Waals surface area contributed by atoms with Gasteiger partial charge in [-0.05, 0) is 18.6 Å². The molecule has 1 amide bonds. The molecule has 2 aromatic rings. The van der Waals surface area contributed by atoms with Crippen molar-refractivity contribution in [3.8, 4) is 5.75 Å². The topological polar surface area (TPSA) is 38.3 Å². The zero-order valence-corrected chi connectivity index (χ0v) is 13.2. The minimum absolute atomic E-state index is 0.00915. The molecule has 2 aromatic carbocycles. The van der Waals surface area contributed by atoms with Crippen LogP contribution < -0.4 is 10.1 Å². The van der Waals surface area contributed by atoms with E-state index in [9.17, 15) is 4.79 Å². The van der Waals surface area contributed by atoms with Gasteiger partial charge in [-0.15, -0.1) is 0 Å². The molecule has 1 N–H and O–H groups in total. The lowest BCUT2D eigenvalue weighted by atomic mass is 9.95. The van der Waals surface area contributed by atoms with Gasteiger partial charge in [0.2, 0.25) is 5.91 Å². The number of hydrogen-bond acceptors (Lipinski definition) is 2. The molecule has 0 unspecified atom stereocenters. The van der Waals surface area contributed by atoms with Crippen LogP contribution in [0.4, 0.5) is 5.69 Å². The number of ether oxygens (including phenoxy) is 1. The first-order valence-electron chi connectivity index (χ1n) is 7.39. The lowest BCUT2D eigenvalue weighted by Crippen LogP contribution is -2.27. The highest BCUT2D eigenvalue weighted by atomic mass is 16.5. The summed E-state index contributed by atoms with van der Waals surface area (Å²) in [4.78, 5) is 12.2. The van der Waals surface area contributed by atoms with E-state index in [1.807, 2.05) is 57.2 Å². The third kappa shape index (κ3) is 3.54. The normalized spacial score (nSPS) is 11.4. The molecular formula is C18H23NO2. The van der Waals surface area contributed by atoms with E-state index in [0.717, 1.165) is 28.6 Å². The Morgan fingerprint density at radius 1 is 1.10 bits per heavy atom. The number of fused-ring (bicyclic) bond motifs is 1. The molecule has 0 aliphatic rings. The van der Waals surface area contributed by atoms with Gasteiger partial charge < -0.3 is 10.1 Å². The Kier molecular flexibility index (Phi) is 4.51. The molecule has 21 heavy (non-hydrogen) atoms. The molecule has 0 bridgehead atoms. The van der Waals surface area contributed by atoms with E-state index < -0.39 is 5.41 Å². The summed E-state index contributed by atoms with van der Waals surface area (Å²) in [6.07, 6.45) is 0.969. The first-order valence-corrected chi connectivity index (χ1v) is 7.39. The largest absolute Gasteiger partial charge is 0.493 e. The summed E-state index contributed by atoms with van der Waals surface area (Å²) in [6.45, 7) is 8.49. The Morgan fingerprint density at radius 2 is 1.76 bits per heavy atom. The maximum atomic E-state index is 12.2. The highest BCUT2D eigenvalue weighted by Crippen LogP contribution is 2.32. The van der Waals surface area contributed by atoms with Crippen molar-refractivity contribution in [3.63, 3.8) is 0 Å². The maximum absolute atomic E-state index is 12.2. The van der Waals surface area contributed by atoms with Crippen LogP contribution in [0.25, 0.3) is 10.8 Å². The van der Waals surface area contributed by atoms with E-state index in [2.05, 4.69) is 12.2 Å². The van der Waals surface area contributed by atoms with Crippen LogP contribution in [0.2, 0.25) is 0 Å². The second-order valence-corrected chi connectivity index (χ2v) is 6.21. The third-order valence-electron chi connectivity index (χ3n) is 3.28. The van der Waals surface area contributed by atoms with Crippen molar-refractivity contribution >= 4 is 22.4 Å². The summed E-state index contributed by atoms with van der Waals surface area (Å²) in [7, 11) is 0. The van der Waals surface area contributed by atoms with E-state index in [4.69, 9.17) is 4.74 Å². The van der Waals surface area contributed by atoms with Crippen molar-refractivity contribution in [1.29, 1.82) is 0 Å². The Morgan fingerprint density at radius 3 is 2.38 bits per heavy atom. The van der Waals surface area contributed by atoms with E-state index in [-0.39, 0.29) is 5.91 Å². The minimum Gasteiger partial charge on any atom is -0.493 e. The van der Waals surface area contributed by atoms with E-state index in [0.29, 0.717) is 6.61 Å². The van der Waals surface area contributed by atoms with Gasteiger partial charge in [-0.1, -0.05) is 52.0 Å². The number of benzene rings is 2. The third-order valence-corrected chi connectivity index (χ3v) is 3.28. The predicted molar refractivity (Wildman–Crippen MR) is 87.8 cm³/mol. The number of anilines is 1. The van der Waals surface area contributed by atoms with Crippen molar-refractivity contribution in [2.75, 3.05) is 11.9 Å². The smallest absolute Gasteiger partial charge is 0.229 e. The molecule has 0 aliphatic heterocycles. The maximum Gasteiger partial charge on any atom is 0.229 e. The van der Waals surface area contributed by atoms with Crippen molar-refractivity contribution < 1.29 is 9.53 Å². The number of carbonyl (C=O) groups is 1. The number of nitrogens with one attached hydrogen (secondary N) is 1. The fourth-order valence-corrected chi connectivity index (χ4v) is 2.03. The Labute approximate surface area is 126 Å². The monoisotopic (exact) mass is 285 g/mol. The van der Waals surface area contributed by atoms with Crippen LogP contribution in [0, 0.1) is 5.41 Å². The van der Waals surface area contributed by atoms with E-state index in [1.54, 1.807) is 0 Å². The molecule has 0 heterocycles. The number of amides is 1. The zero-order chi connectivity index (χ0) is 15.5. The van der Waals surface area contributed by atoms with Crippen LogP contribution in [0.15, 0.2) is 36.4 Å². The summed E-state index contributed by atoms with van der Waals surface area (Å²) < 4.78 is 5.78. The summed E-state index contributed by atoms with van der Waals surface area (Å²) in [5, 5.41) is 5.04. The van der Waals surface area contributed by atoms with E-state index in [1.165, 1.54) is 0 Å². The second kappa shape index (κ2) is 6.17. The average Bonchev–Trinajstić information content (AvgIpc) is 2.45. The Hall–Kier alpha value is -2.03. The standard InChI is InChI=1S/C18H23NO2/c1-5-12-21-16-11-10-15(19-17(20)18(2,3)4)13-8-6-7-9-14(13)16/h6-11H,5,12H2,1-4H3,(H,19,20). The van der Waals surface area contributed by atoms with E-state index >= 15 is 0 Å². The summed E-state index contributed by atoms with van der Waals surface area (Å²) >= 11 is 0. The first kappa shape index (κ1) is 15.4. The number of rotatable bonds is 4. The van der Waals surface area contributed by atoms with Gasteiger partial charge in [0.15, 0.2) is 0 Å². The van der Waals surface area contributed by atoms with Gasteiger partial charge in [-0.3, -0.25) is 4.79 Å². The van der Waals surface area contributed by atoms with Gasteiger partial charge >= 0.3 is 0 Å². The molecule has 0 atom stereocenters. The van der Waals surface area contributed by atoms with Gasteiger partial charge in [-0.25, -0.2) is 0 Å². The molecule has 0 spiro atoms. The zero-order valence-electron chi connectivity index (χ0n) is 13.2. The molecule has 0 aliphatic carbocycles. The fourth-order valence-electron chi connectivity index (χ4n) is 2.03. The molecule has 0 fully saturated rings. The lowest BCUT2D eigenvalue weighted by molar-refractivity contribution is -0.123. The molecular weight excluding hydrogens is 262 g/mol. The highest BCUT2D eigenvalue weighted by Gasteiger charge is 2.22. The van der Waals surface area contributed by atoms with Crippen LogP contribution in [0.5, 0.6) is 5.75 Å². The fraction of sp³-hybridized carbons (Fsp3) is 0.389. The van der Waals surface area contributed by atoms with Crippen molar-refractivity contribution in [2.24, 2.45) is 5.41 Å². The number of hydrogen-bond donors (Lipinski definition) is 1. The quantitative estimate of drug-likeness (QED) is 0.890. The van der Waals surface area contributed by atoms with Gasteiger partial charge in [0.1, 0.15) is 5.75 Å². The predicted octanol–water partition coefficient (Wildman–Crippen LogP) is 4.61. The molecule has 0 radical (unpaired) electrons. The van der Waals surface area contributed by atoms with Crippen molar-refractivity contribution in [1.82, 2.24) is 0 Å². The molecule has 0 saturated carbocycles. The van der Waals surface area contributed by atoms with Gasteiger partial charge in [0, 0.05) is 21.9 Å². The molecule has 3 nitrogen and oxygen atoms in total. The molecule has 3 heteroatoms. The minimum atomic E-state index is -0.418. The first-order chi connectivity index (χ1) is 9.93. The van der Waals surface area contributed by atoms with Crippen LogP contribution in [0.3, 0.4) is 0 Å². The summed E-state index contributed by atoms with van der Waals surface area (Å²) in [5.74, 6) is 0.871. The SMILES string of the molecule is CCCOc1ccc(NC(=O)C(C)(C)C)c2ccccc12. The summed E-state index contributed by atoms with van der Waals surface area (Å²) in [6, 6.07) is 11.8. The van der Waals surface area contributed by atoms with Crippen molar-refractivity contribution in [2.45, 2.75) is 34.1 Å². The van der Waals surface area contributed by atoms with Gasteiger partial charge in [0.05, 0.1) is 6.61 Å². The molecule has 0 saturated heterocycles. The lowest BCUT2D eigenvalue weighted by Gasteiger charge is -2.19. The average molecular weight is 285 g/mol. The van der Waals surface area contributed by atoms with Crippen LogP contribution in [-0.4, -0.2) is 12.5 Å². The van der Waals surface area contributed by atoms with Crippen LogP contribution >= 0.6 is 0 Å². The summed E-state index contributed by atoms with van der Waals surface area (Å²) in [5.41, 5.74) is 0.410. The van der Waals surface area contributed by atoms with Crippen molar-refractivity contribution in [3.05, 3.63) is 36.4 Å².